The molecule has 0 spiro atoms. The molecule has 0 amide bonds. The second-order valence-corrected chi connectivity index (χ2v) is 4.72. The highest BCUT2D eigenvalue weighted by atomic mass is 16.3. The highest BCUT2D eigenvalue weighted by molar-refractivity contribution is 5.80. The van der Waals surface area contributed by atoms with E-state index in [9.17, 15) is 5.11 Å². The van der Waals surface area contributed by atoms with Crippen LogP contribution in [0.3, 0.4) is 0 Å². The summed E-state index contributed by atoms with van der Waals surface area (Å²) in [7, 11) is 0. The zero-order valence-electron chi connectivity index (χ0n) is 10.1. The zero-order chi connectivity index (χ0) is 11.7. The van der Waals surface area contributed by atoms with Crippen molar-refractivity contribution in [2.45, 2.75) is 33.9 Å². The van der Waals surface area contributed by atoms with Crippen LogP contribution in [0, 0.1) is 12.8 Å². The van der Waals surface area contributed by atoms with E-state index in [1.807, 2.05) is 23.9 Å². The van der Waals surface area contributed by atoms with Crippen molar-refractivity contribution in [1.29, 1.82) is 0 Å². The molecule has 0 saturated heterocycles. The van der Waals surface area contributed by atoms with E-state index in [0.29, 0.717) is 5.92 Å². The van der Waals surface area contributed by atoms with Crippen LogP contribution >= 0.6 is 0 Å². The topological polar surface area (TPSA) is 38.0 Å². The summed E-state index contributed by atoms with van der Waals surface area (Å²) >= 11 is 0. The Labute approximate surface area is 95.7 Å². The fraction of sp³-hybridized carbons (Fsp3) is 0.462. The number of aliphatic hydroxyl groups is 1. The Morgan fingerprint density at radius 3 is 2.75 bits per heavy atom. The second kappa shape index (κ2) is 4.26. The van der Waals surface area contributed by atoms with E-state index in [-0.39, 0.29) is 6.61 Å². The van der Waals surface area contributed by atoms with E-state index in [1.54, 1.807) is 0 Å². The summed E-state index contributed by atoms with van der Waals surface area (Å²) < 4.78 is 2.04. The number of rotatable bonds is 3. The number of benzene rings is 1. The molecule has 0 bridgehead atoms. The Morgan fingerprint density at radius 2 is 2.12 bits per heavy atom. The Balaban J connectivity index is 2.51. The molecule has 0 radical (unpaired) electrons. The number of hydrogen-bond acceptors (Lipinski definition) is 2. The van der Waals surface area contributed by atoms with Crippen LogP contribution in [0.2, 0.25) is 0 Å². The molecule has 16 heavy (non-hydrogen) atoms. The Bertz CT molecular complexity index is 500. The second-order valence-electron chi connectivity index (χ2n) is 4.72. The Morgan fingerprint density at radius 1 is 1.38 bits per heavy atom. The predicted octanol–water partition coefficient (Wildman–Crippen LogP) is 2.49. The van der Waals surface area contributed by atoms with Crippen molar-refractivity contribution in [1.82, 2.24) is 9.78 Å². The van der Waals surface area contributed by atoms with Gasteiger partial charge in [0.15, 0.2) is 0 Å². The van der Waals surface area contributed by atoms with Crippen LogP contribution in [-0.4, -0.2) is 14.9 Å². The van der Waals surface area contributed by atoms with Gasteiger partial charge in [0.05, 0.1) is 18.3 Å². The van der Waals surface area contributed by atoms with Gasteiger partial charge >= 0.3 is 0 Å². The molecule has 1 aromatic heterocycles. The molecule has 3 nitrogen and oxygen atoms in total. The average Bonchev–Trinajstić information content (AvgIpc) is 2.59. The average molecular weight is 218 g/mol. The SMILES string of the molecule is Cc1cc2c(cnn2CC(C)C)cc1CO. The lowest BCUT2D eigenvalue weighted by Gasteiger charge is -2.08. The molecule has 0 atom stereocenters. The van der Waals surface area contributed by atoms with Gasteiger partial charge in [0, 0.05) is 11.9 Å². The summed E-state index contributed by atoms with van der Waals surface area (Å²) in [5, 5.41) is 14.7. The van der Waals surface area contributed by atoms with Crippen molar-refractivity contribution in [3.63, 3.8) is 0 Å². The van der Waals surface area contributed by atoms with E-state index >= 15 is 0 Å². The minimum atomic E-state index is 0.0944. The standard InChI is InChI=1S/C13H18N2O/c1-9(2)7-15-13-4-10(3)12(8-16)5-11(13)6-14-15/h4-6,9,16H,7-8H2,1-3H3. The summed E-state index contributed by atoms with van der Waals surface area (Å²) in [5.41, 5.74) is 3.26. The summed E-state index contributed by atoms with van der Waals surface area (Å²) in [6, 6.07) is 4.13. The molecule has 0 aliphatic heterocycles. The fourth-order valence-corrected chi connectivity index (χ4v) is 1.94. The lowest BCUT2D eigenvalue weighted by Crippen LogP contribution is -2.05. The van der Waals surface area contributed by atoms with E-state index in [4.69, 9.17) is 0 Å². The minimum absolute atomic E-state index is 0.0944. The zero-order valence-corrected chi connectivity index (χ0v) is 10.1. The number of hydrogen-bond donors (Lipinski definition) is 1. The molecule has 1 heterocycles. The first-order chi connectivity index (χ1) is 7.61. The first-order valence-electron chi connectivity index (χ1n) is 5.67. The van der Waals surface area contributed by atoms with Crippen molar-refractivity contribution in [3.8, 4) is 0 Å². The Hall–Kier alpha value is -1.35. The van der Waals surface area contributed by atoms with Gasteiger partial charge in [-0.05, 0) is 36.1 Å². The first kappa shape index (κ1) is 11.1. The van der Waals surface area contributed by atoms with Crippen LogP contribution in [0.25, 0.3) is 10.9 Å². The number of aromatic nitrogens is 2. The quantitative estimate of drug-likeness (QED) is 0.859. The molecule has 0 aliphatic carbocycles. The number of aliphatic hydroxyl groups excluding tert-OH is 1. The third-order valence-corrected chi connectivity index (χ3v) is 2.81. The highest BCUT2D eigenvalue weighted by Crippen LogP contribution is 2.20. The largest absolute Gasteiger partial charge is 0.392 e. The van der Waals surface area contributed by atoms with Gasteiger partial charge in [0.2, 0.25) is 0 Å². The maximum atomic E-state index is 9.20. The van der Waals surface area contributed by atoms with Gasteiger partial charge in [0.25, 0.3) is 0 Å². The Kier molecular flexibility index (Phi) is 2.97. The van der Waals surface area contributed by atoms with Gasteiger partial charge in [-0.2, -0.15) is 5.10 Å². The summed E-state index contributed by atoms with van der Waals surface area (Å²) in [5.74, 6) is 0.584. The first-order valence-corrected chi connectivity index (χ1v) is 5.67. The van der Waals surface area contributed by atoms with Crippen LogP contribution < -0.4 is 0 Å². The van der Waals surface area contributed by atoms with Crippen molar-refractivity contribution in [3.05, 3.63) is 29.5 Å². The van der Waals surface area contributed by atoms with Gasteiger partial charge in [-0.1, -0.05) is 13.8 Å². The molecular weight excluding hydrogens is 200 g/mol. The van der Waals surface area contributed by atoms with Gasteiger partial charge in [-0.3, -0.25) is 4.68 Å². The highest BCUT2D eigenvalue weighted by Gasteiger charge is 2.07. The van der Waals surface area contributed by atoms with E-state index in [1.165, 1.54) is 0 Å². The van der Waals surface area contributed by atoms with Gasteiger partial charge in [0.1, 0.15) is 0 Å². The van der Waals surface area contributed by atoms with E-state index < -0.39 is 0 Å². The molecule has 0 unspecified atom stereocenters. The molecule has 0 fully saturated rings. The van der Waals surface area contributed by atoms with Crippen molar-refractivity contribution < 1.29 is 5.11 Å². The molecule has 0 aliphatic rings. The molecule has 2 aromatic rings. The van der Waals surface area contributed by atoms with Crippen LogP contribution in [-0.2, 0) is 13.2 Å². The normalized spacial score (nSPS) is 11.6. The van der Waals surface area contributed by atoms with Crippen LogP contribution in [0.15, 0.2) is 18.3 Å². The van der Waals surface area contributed by atoms with Crippen LogP contribution in [0.1, 0.15) is 25.0 Å². The minimum Gasteiger partial charge on any atom is -0.392 e. The molecular formula is C13H18N2O. The van der Waals surface area contributed by atoms with Crippen molar-refractivity contribution in [2.24, 2.45) is 5.92 Å². The molecule has 3 heteroatoms. The smallest absolute Gasteiger partial charge is 0.0685 e. The number of nitrogens with zero attached hydrogens (tertiary/aromatic N) is 2. The molecule has 1 N–H and O–H groups in total. The third-order valence-electron chi connectivity index (χ3n) is 2.81. The van der Waals surface area contributed by atoms with Crippen LogP contribution in [0.4, 0.5) is 0 Å². The molecule has 0 saturated carbocycles. The summed E-state index contributed by atoms with van der Waals surface area (Å²) in [4.78, 5) is 0. The molecule has 1 aromatic carbocycles. The lowest BCUT2D eigenvalue weighted by atomic mass is 10.1. The molecule has 86 valence electrons. The fourth-order valence-electron chi connectivity index (χ4n) is 1.94. The molecule has 2 rings (SSSR count). The summed E-state index contributed by atoms with van der Waals surface area (Å²) in [6.45, 7) is 7.42. The number of fused-ring (bicyclic) bond motifs is 1. The van der Waals surface area contributed by atoms with Crippen molar-refractivity contribution >= 4 is 10.9 Å². The van der Waals surface area contributed by atoms with Crippen LogP contribution in [0.5, 0.6) is 0 Å². The third kappa shape index (κ3) is 1.95. The monoisotopic (exact) mass is 218 g/mol. The predicted molar refractivity (Wildman–Crippen MR) is 65.2 cm³/mol. The summed E-state index contributed by atoms with van der Waals surface area (Å²) in [6.07, 6.45) is 1.87. The van der Waals surface area contributed by atoms with Gasteiger partial charge < -0.3 is 5.11 Å². The van der Waals surface area contributed by atoms with Gasteiger partial charge in [-0.15, -0.1) is 0 Å². The van der Waals surface area contributed by atoms with Crippen molar-refractivity contribution in [2.75, 3.05) is 0 Å². The maximum Gasteiger partial charge on any atom is 0.0685 e. The maximum absolute atomic E-state index is 9.20. The lowest BCUT2D eigenvalue weighted by molar-refractivity contribution is 0.281. The van der Waals surface area contributed by atoms with Gasteiger partial charge in [-0.25, -0.2) is 0 Å². The number of aryl methyl sites for hydroxylation is 1. The van der Waals surface area contributed by atoms with E-state index in [2.05, 4.69) is 25.0 Å². The van der Waals surface area contributed by atoms with E-state index in [0.717, 1.165) is 28.6 Å².